The molecule has 0 fully saturated rings. The summed E-state index contributed by atoms with van der Waals surface area (Å²) in [5.41, 5.74) is 1.79. The highest BCUT2D eigenvalue weighted by Crippen LogP contribution is 2.28. The molecular weight excluding hydrogens is 470 g/mol. The fourth-order valence-corrected chi connectivity index (χ4v) is 3.49. The quantitative estimate of drug-likeness (QED) is 0.573. The van der Waals surface area contributed by atoms with Gasteiger partial charge >= 0.3 is 0 Å². The summed E-state index contributed by atoms with van der Waals surface area (Å²) in [7, 11) is 0. The Morgan fingerprint density at radius 2 is 2.00 bits per heavy atom. The molecule has 106 valence electrons. The topological polar surface area (TPSA) is 41.6 Å². The molecule has 0 bridgehead atoms. The van der Waals surface area contributed by atoms with Crippen LogP contribution < -0.4 is 0 Å². The lowest BCUT2D eigenvalue weighted by atomic mass is 10.1. The maximum absolute atomic E-state index is 5.32. The predicted molar refractivity (Wildman–Crippen MR) is 94.3 cm³/mol. The van der Waals surface area contributed by atoms with Gasteiger partial charge in [-0.3, -0.25) is 4.98 Å². The zero-order valence-corrected chi connectivity index (χ0v) is 16.5. The van der Waals surface area contributed by atoms with Gasteiger partial charge < -0.3 is 4.98 Å². The molecule has 0 saturated carbocycles. The van der Waals surface area contributed by atoms with Gasteiger partial charge in [-0.1, -0.05) is 26.1 Å². The van der Waals surface area contributed by atoms with Crippen LogP contribution in [0.25, 0.3) is 11.5 Å². The monoisotopic (exact) mass is 479 g/mol. The van der Waals surface area contributed by atoms with Crippen LogP contribution in [0.4, 0.5) is 0 Å². The second-order valence-corrected chi connectivity index (χ2v) is 7.71. The molecular formula is C13H12Br3N3S. The van der Waals surface area contributed by atoms with Gasteiger partial charge in [0.2, 0.25) is 0 Å². The predicted octanol–water partition coefficient (Wildman–Crippen LogP) is 5.69. The Hall–Kier alpha value is -0.110. The minimum Gasteiger partial charge on any atom is -0.341 e. The van der Waals surface area contributed by atoms with Crippen molar-refractivity contribution < 1.29 is 0 Å². The summed E-state index contributed by atoms with van der Waals surface area (Å²) in [4.78, 5) is 12.1. The summed E-state index contributed by atoms with van der Waals surface area (Å²) < 4.78 is 3.18. The third-order valence-corrected chi connectivity index (χ3v) is 5.03. The summed E-state index contributed by atoms with van der Waals surface area (Å²) in [5.74, 6) is 1.20. The fourth-order valence-electron chi connectivity index (χ4n) is 1.76. The molecule has 0 aromatic carbocycles. The minimum atomic E-state index is 0.522. The number of hydrogen-bond acceptors (Lipinski definition) is 3. The third kappa shape index (κ3) is 3.75. The molecule has 0 radical (unpaired) electrons. The van der Waals surface area contributed by atoms with Crippen LogP contribution in [0.3, 0.4) is 0 Å². The number of aromatic nitrogens is 3. The Labute approximate surface area is 148 Å². The molecule has 0 atom stereocenters. The van der Waals surface area contributed by atoms with E-state index in [4.69, 9.17) is 12.2 Å². The zero-order valence-electron chi connectivity index (χ0n) is 10.9. The first-order chi connectivity index (χ1) is 9.38. The van der Waals surface area contributed by atoms with Crippen LogP contribution >= 0.6 is 60.0 Å². The SMILES string of the molecule is CC(C)Cc1[nH]c(-c2ncc(Br)cc2Br)nc(=S)c1Br. The first kappa shape index (κ1) is 16.3. The van der Waals surface area contributed by atoms with Crippen LogP contribution in [-0.4, -0.2) is 15.0 Å². The number of nitrogens with zero attached hydrogens (tertiary/aromatic N) is 2. The third-order valence-electron chi connectivity index (χ3n) is 2.58. The van der Waals surface area contributed by atoms with E-state index in [2.05, 4.69) is 76.6 Å². The highest BCUT2D eigenvalue weighted by Gasteiger charge is 2.13. The summed E-state index contributed by atoms with van der Waals surface area (Å²) in [5, 5.41) is 0. The van der Waals surface area contributed by atoms with Crippen molar-refractivity contribution in [1.29, 1.82) is 0 Å². The van der Waals surface area contributed by atoms with E-state index in [0.29, 0.717) is 16.4 Å². The van der Waals surface area contributed by atoms with E-state index < -0.39 is 0 Å². The lowest BCUT2D eigenvalue weighted by Gasteiger charge is -2.11. The lowest BCUT2D eigenvalue weighted by molar-refractivity contribution is 0.632. The molecule has 3 nitrogen and oxygen atoms in total. The van der Waals surface area contributed by atoms with Crippen LogP contribution in [0.1, 0.15) is 19.5 Å². The summed E-state index contributed by atoms with van der Waals surface area (Å²) in [6.45, 7) is 4.33. The van der Waals surface area contributed by atoms with Gasteiger partial charge in [0.05, 0.1) is 4.47 Å². The van der Waals surface area contributed by atoms with E-state index >= 15 is 0 Å². The molecule has 0 aliphatic heterocycles. The number of H-pyrrole nitrogens is 1. The van der Waals surface area contributed by atoms with Crippen molar-refractivity contribution in [2.45, 2.75) is 20.3 Å². The Balaban J connectivity index is 2.57. The van der Waals surface area contributed by atoms with E-state index in [9.17, 15) is 0 Å². The van der Waals surface area contributed by atoms with E-state index in [1.54, 1.807) is 6.20 Å². The van der Waals surface area contributed by atoms with Crippen molar-refractivity contribution >= 4 is 60.0 Å². The highest BCUT2D eigenvalue weighted by atomic mass is 79.9. The molecule has 0 amide bonds. The van der Waals surface area contributed by atoms with E-state index in [-0.39, 0.29) is 0 Å². The largest absolute Gasteiger partial charge is 0.341 e. The maximum atomic E-state index is 5.32. The van der Waals surface area contributed by atoms with Crippen LogP contribution in [0, 0.1) is 10.6 Å². The van der Waals surface area contributed by atoms with Crippen LogP contribution in [0.5, 0.6) is 0 Å². The van der Waals surface area contributed by atoms with Gasteiger partial charge in [0.1, 0.15) is 10.3 Å². The molecule has 0 aliphatic carbocycles. The average Bonchev–Trinajstić information content (AvgIpc) is 2.34. The number of halogens is 3. The number of rotatable bonds is 3. The van der Waals surface area contributed by atoms with Gasteiger partial charge in [-0.25, -0.2) is 4.98 Å². The number of pyridine rings is 1. The van der Waals surface area contributed by atoms with Gasteiger partial charge in [-0.05, 0) is 66.2 Å². The van der Waals surface area contributed by atoms with Crippen molar-refractivity contribution in [3.63, 3.8) is 0 Å². The summed E-state index contributed by atoms with van der Waals surface area (Å²) >= 11 is 15.7. The lowest BCUT2D eigenvalue weighted by Crippen LogP contribution is -2.03. The Bertz CT molecular complexity index is 698. The van der Waals surface area contributed by atoms with Crippen LogP contribution in [0.15, 0.2) is 25.7 Å². The van der Waals surface area contributed by atoms with E-state index in [1.165, 1.54) is 0 Å². The molecule has 0 saturated heterocycles. The van der Waals surface area contributed by atoms with E-state index in [1.807, 2.05) is 6.07 Å². The number of aromatic amines is 1. The highest BCUT2D eigenvalue weighted by molar-refractivity contribution is 9.11. The molecule has 2 aromatic heterocycles. The van der Waals surface area contributed by atoms with Gasteiger partial charge in [0, 0.05) is 20.8 Å². The molecule has 2 heterocycles. The first-order valence-corrected chi connectivity index (χ1v) is 8.77. The summed E-state index contributed by atoms with van der Waals surface area (Å²) in [6.07, 6.45) is 2.64. The van der Waals surface area contributed by atoms with Crippen LogP contribution in [-0.2, 0) is 6.42 Å². The zero-order chi connectivity index (χ0) is 14.9. The normalized spacial score (nSPS) is 11.1. The molecule has 1 N–H and O–H groups in total. The van der Waals surface area contributed by atoms with Crippen molar-refractivity contribution in [1.82, 2.24) is 15.0 Å². The van der Waals surface area contributed by atoms with Crippen LogP contribution in [0.2, 0.25) is 0 Å². The molecule has 0 aliphatic rings. The summed E-state index contributed by atoms with van der Waals surface area (Å²) in [6, 6.07) is 1.94. The van der Waals surface area contributed by atoms with Crippen molar-refractivity contribution in [3.8, 4) is 11.5 Å². The molecule has 2 aromatic rings. The minimum absolute atomic E-state index is 0.522. The molecule has 2 rings (SSSR count). The first-order valence-electron chi connectivity index (χ1n) is 5.98. The van der Waals surface area contributed by atoms with E-state index in [0.717, 1.165) is 31.2 Å². The van der Waals surface area contributed by atoms with Crippen molar-refractivity contribution in [2.75, 3.05) is 0 Å². The average molecular weight is 482 g/mol. The molecule has 0 unspecified atom stereocenters. The molecule has 20 heavy (non-hydrogen) atoms. The Kier molecular flexibility index (Phi) is 5.50. The smallest absolute Gasteiger partial charge is 0.159 e. The van der Waals surface area contributed by atoms with Crippen molar-refractivity contribution in [2.24, 2.45) is 5.92 Å². The second kappa shape index (κ2) is 6.77. The van der Waals surface area contributed by atoms with Crippen molar-refractivity contribution in [3.05, 3.63) is 36.0 Å². The molecule has 0 spiro atoms. The Morgan fingerprint density at radius 1 is 1.30 bits per heavy atom. The van der Waals surface area contributed by atoms with Gasteiger partial charge in [-0.2, -0.15) is 0 Å². The Morgan fingerprint density at radius 3 is 2.60 bits per heavy atom. The number of nitrogens with one attached hydrogen (secondary N) is 1. The van der Waals surface area contributed by atoms with Gasteiger partial charge in [0.25, 0.3) is 0 Å². The fraction of sp³-hybridized carbons (Fsp3) is 0.308. The number of hydrogen-bond donors (Lipinski definition) is 1. The standard InChI is InChI=1S/C13H12Br3N3S/c1-6(2)3-9-10(16)13(20)19-12(18-9)11-8(15)4-7(14)5-17-11/h4-6H,3H2,1-2H3,(H,18,19,20). The second-order valence-electron chi connectivity index (χ2n) is 4.77. The molecule has 7 heteroatoms. The van der Waals surface area contributed by atoms with Gasteiger partial charge in [-0.15, -0.1) is 0 Å². The van der Waals surface area contributed by atoms with Gasteiger partial charge in [0.15, 0.2) is 5.82 Å². The maximum Gasteiger partial charge on any atom is 0.159 e.